The van der Waals surface area contributed by atoms with Gasteiger partial charge in [-0.2, -0.15) is 0 Å². The third kappa shape index (κ3) is 4.22. The number of benzene rings is 3. The van der Waals surface area contributed by atoms with Crippen LogP contribution in [0.5, 0.6) is 0 Å². The summed E-state index contributed by atoms with van der Waals surface area (Å²) < 4.78 is 23.5. The molecule has 0 aliphatic rings. The predicted molar refractivity (Wildman–Crippen MR) is 118 cm³/mol. The van der Waals surface area contributed by atoms with E-state index in [1.807, 2.05) is 48.5 Å². The minimum Gasteiger partial charge on any atom is -0.337 e. The maximum Gasteiger partial charge on any atom is 0.175 e. The van der Waals surface area contributed by atoms with Crippen molar-refractivity contribution >= 4 is 33.0 Å². The molecular formula is C22H16Cl2N2O2S. The summed E-state index contributed by atoms with van der Waals surface area (Å²) in [7, 11) is -3.26. The molecule has 0 unspecified atom stereocenters. The Bertz CT molecular complexity index is 1260. The van der Waals surface area contributed by atoms with Crippen LogP contribution in [0.2, 0.25) is 10.0 Å². The molecule has 0 aliphatic carbocycles. The standard InChI is InChI=1S/C22H16Cl2N2O2S/c1-29(27,28)19-12-6-15(7-13-19)21-20(14-2-8-17(23)9-3-14)25-22(26-21)16-4-10-18(24)11-5-16/h2-13H,1H3,(H,25,26). The Labute approximate surface area is 179 Å². The lowest BCUT2D eigenvalue weighted by Crippen LogP contribution is -1.96. The molecule has 0 aliphatic heterocycles. The Hall–Kier alpha value is -2.60. The molecular weight excluding hydrogens is 427 g/mol. The van der Waals surface area contributed by atoms with Gasteiger partial charge in [0.1, 0.15) is 5.82 Å². The Morgan fingerprint density at radius 2 is 1.21 bits per heavy atom. The highest BCUT2D eigenvalue weighted by molar-refractivity contribution is 7.90. The fourth-order valence-electron chi connectivity index (χ4n) is 3.01. The van der Waals surface area contributed by atoms with Crippen molar-refractivity contribution in [3.8, 4) is 33.9 Å². The Kier molecular flexibility index (Phi) is 5.21. The van der Waals surface area contributed by atoms with Gasteiger partial charge in [0.15, 0.2) is 9.84 Å². The van der Waals surface area contributed by atoms with Gasteiger partial charge in [0.05, 0.1) is 16.3 Å². The fraction of sp³-hybridized carbons (Fsp3) is 0.0455. The van der Waals surface area contributed by atoms with Crippen molar-refractivity contribution in [1.82, 2.24) is 9.97 Å². The Morgan fingerprint density at radius 3 is 1.72 bits per heavy atom. The maximum absolute atomic E-state index is 11.8. The van der Waals surface area contributed by atoms with E-state index in [0.29, 0.717) is 15.9 Å². The van der Waals surface area contributed by atoms with E-state index in [1.165, 1.54) is 6.26 Å². The number of halogens is 2. The predicted octanol–water partition coefficient (Wildman–Crippen LogP) is 6.12. The second-order valence-electron chi connectivity index (χ2n) is 6.62. The van der Waals surface area contributed by atoms with Crippen molar-refractivity contribution in [1.29, 1.82) is 0 Å². The number of hydrogen-bond donors (Lipinski definition) is 1. The molecule has 0 radical (unpaired) electrons. The van der Waals surface area contributed by atoms with Gasteiger partial charge in [0.25, 0.3) is 0 Å². The first kappa shape index (κ1) is 19.7. The lowest BCUT2D eigenvalue weighted by molar-refractivity contribution is 0.602. The molecule has 0 saturated carbocycles. The molecule has 0 spiro atoms. The normalized spacial score (nSPS) is 11.6. The smallest absolute Gasteiger partial charge is 0.175 e. The van der Waals surface area contributed by atoms with E-state index in [-0.39, 0.29) is 4.90 Å². The molecule has 1 aromatic heterocycles. The number of rotatable bonds is 4. The highest BCUT2D eigenvalue weighted by Crippen LogP contribution is 2.34. The number of aromatic nitrogens is 2. The largest absolute Gasteiger partial charge is 0.337 e. The zero-order chi connectivity index (χ0) is 20.6. The summed E-state index contributed by atoms with van der Waals surface area (Å²) in [6.07, 6.45) is 1.19. The van der Waals surface area contributed by atoms with E-state index >= 15 is 0 Å². The summed E-state index contributed by atoms with van der Waals surface area (Å²) in [6.45, 7) is 0. The van der Waals surface area contributed by atoms with E-state index in [1.54, 1.807) is 24.3 Å². The van der Waals surface area contributed by atoms with Gasteiger partial charge in [-0.15, -0.1) is 0 Å². The monoisotopic (exact) mass is 442 g/mol. The topological polar surface area (TPSA) is 62.8 Å². The molecule has 0 amide bonds. The zero-order valence-electron chi connectivity index (χ0n) is 15.4. The average molecular weight is 443 g/mol. The lowest BCUT2D eigenvalue weighted by Gasteiger charge is -2.05. The Morgan fingerprint density at radius 1 is 0.724 bits per heavy atom. The van der Waals surface area contributed by atoms with Crippen LogP contribution in [0, 0.1) is 0 Å². The second-order valence-corrected chi connectivity index (χ2v) is 9.51. The van der Waals surface area contributed by atoms with Gasteiger partial charge in [0.2, 0.25) is 0 Å². The van der Waals surface area contributed by atoms with Crippen molar-refractivity contribution < 1.29 is 8.42 Å². The molecule has 3 aromatic carbocycles. The fourth-order valence-corrected chi connectivity index (χ4v) is 3.89. The summed E-state index contributed by atoms with van der Waals surface area (Å²) in [4.78, 5) is 8.44. The highest BCUT2D eigenvalue weighted by Gasteiger charge is 2.16. The van der Waals surface area contributed by atoms with Gasteiger partial charge in [-0.05, 0) is 48.5 Å². The van der Waals surface area contributed by atoms with Crippen molar-refractivity contribution in [2.75, 3.05) is 6.26 Å². The van der Waals surface area contributed by atoms with Crippen molar-refractivity contribution in [2.24, 2.45) is 0 Å². The van der Waals surface area contributed by atoms with E-state index < -0.39 is 9.84 Å². The number of nitrogens with one attached hydrogen (secondary N) is 1. The number of imidazole rings is 1. The van der Waals surface area contributed by atoms with E-state index in [2.05, 4.69) is 4.98 Å². The molecule has 4 nitrogen and oxygen atoms in total. The third-order valence-electron chi connectivity index (χ3n) is 4.51. The molecule has 4 aromatic rings. The van der Waals surface area contributed by atoms with Crippen LogP contribution in [0.25, 0.3) is 33.9 Å². The minimum atomic E-state index is -3.26. The lowest BCUT2D eigenvalue weighted by atomic mass is 10.1. The highest BCUT2D eigenvalue weighted by atomic mass is 35.5. The van der Waals surface area contributed by atoms with Crippen molar-refractivity contribution in [3.05, 3.63) is 82.8 Å². The quantitative estimate of drug-likeness (QED) is 0.413. The summed E-state index contributed by atoms with van der Waals surface area (Å²) in [6, 6.07) is 21.6. The summed E-state index contributed by atoms with van der Waals surface area (Å²) >= 11 is 12.0. The Balaban J connectivity index is 1.86. The summed E-state index contributed by atoms with van der Waals surface area (Å²) in [5.41, 5.74) is 4.16. The zero-order valence-corrected chi connectivity index (χ0v) is 17.7. The summed E-state index contributed by atoms with van der Waals surface area (Å²) in [5, 5.41) is 1.29. The maximum atomic E-state index is 11.8. The first-order valence-electron chi connectivity index (χ1n) is 8.73. The molecule has 1 heterocycles. The molecule has 29 heavy (non-hydrogen) atoms. The van der Waals surface area contributed by atoms with Gasteiger partial charge in [-0.25, -0.2) is 13.4 Å². The van der Waals surface area contributed by atoms with Crippen LogP contribution in [0.3, 0.4) is 0 Å². The molecule has 1 N–H and O–H groups in total. The molecule has 0 fully saturated rings. The van der Waals surface area contributed by atoms with Gasteiger partial charge in [0, 0.05) is 33.0 Å². The molecule has 4 rings (SSSR count). The van der Waals surface area contributed by atoms with Crippen LogP contribution in [-0.2, 0) is 9.84 Å². The first-order chi connectivity index (χ1) is 13.8. The van der Waals surface area contributed by atoms with Crippen molar-refractivity contribution in [3.63, 3.8) is 0 Å². The van der Waals surface area contributed by atoms with Gasteiger partial charge in [-0.3, -0.25) is 0 Å². The van der Waals surface area contributed by atoms with Crippen LogP contribution >= 0.6 is 23.2 Å². The molecule has 0 bridgehead atoms. The number of nitrogens with zero attached hydrogens (tertiary/aromatic N) is 1. The average Bonchev–Trinajstić information content (AvgIpc) is 3.14. The van der Waals surface area contributed by atoms with Crippen LogP contribution in [0.15, 0.2) is 77.7 Å². The van der Waals surface area contributed by atoms with Crippen LogP contribution in [-0.4, -0.2) is 24.6 Å². The number of hydrogen-bond acceptors (Lipinski definition) is 3. The molecule has 0 saturated heterocycles. The van der Waals surface area contributed by atoms with Crippen LogP contribution < -0.4 is 0 Å². The van der Waals surface area contributed by atoms with E-state index in [0.717, 1.165) is 28.1 Å². The van der Waals surface area contributed by atoms with E-state index in [9.17, 15) is 8.42 Å². The van der Waals surface area contributed by atoms with Crippen LogP contribution in [0.4, 0.5) is 0 Å². The number of aromatic amines is 1. The van der Waals surface area contributed by atoms with Gasteiger partial charge in [-0.1, -0.05) is 47.5 Å². The van der Waals surface area contributed by atoms with Crippen LogP contribution in [0.1, 0.15) is 0 Å². The number of H-pyrrole nitrogens is 1. The molecule has 7 heteroatoms. The summed E-state index contributed by atoms with van der Waals surface area (Å²) in [5.74, 6) is 0.689. The van der Waals surface area contributed by atoms with E-state index in [4.69, 9.17) is 28.2 Å². The minimum absolute atomic E-state index is 0.270. The van der Waals surface area contributed by atoms with Crippen molar-refractivity contribution in [2.45, 2.75) is 4.90 Å². The number of sulfone groups is 1. The van der Waals surface area contributed by atoms with Gasteiger partial charge >= 0.3 is 0 Å². The molecule has 146 valence electrons. The second kappa shape index (κ2) is 7.67. The van der Waals surface area contributed by atoms with Gasteiger partial charge < -0.3 is 4.98 Å². The molecule has 0 atom stereocenters. The SMILES string of the molecule is CS(=O)(=O)c1ccc(-c2[nH]c(-c3ccc(Cl)cc3)nc2-c2ccc(Cl)cc2)cc1. The first-order valence-corrected chi connectivity index (χ1v) is 11.4. The third-order valence-corrected chi connectivity index (χ3v) is 6.14.